The van der Waals surface area contributed by atoms with Gasteiger partial charge in [0.1, 0.15) is 11.8 Å². The molecule has 0 aromatic heterocycles. The highest BCUT2D eigenvalue weighted by atomic mass is 35.5. The van der Waals surface area contributed by atoms with E-state index in [2.05, 4.69) is 12.2 Å². The van der Waals surface area contributed by atoms with Crippen LogP contribution in [0.15, 0.2) is 42.5 Å². The van der Waals surface area contributed by atoms with Crippen LogP contribution in [0.25, 0.3) is 0 Å². The van der Waals surface area contributed by atoms with Crippen LogP contribution in [0.4, 0.5) is 0 Å². The minimum atomic E-state index is -0.634. The number of carbonyl (C=O) groups is 2. The Morgan fingerprint density at radius 3 is 2.34 bits per heavy atom. The number of nitrogens with one attached hydrogen (secondary N) is 1. The molecule has 0 bridgehead atoms. The zero-order chi connectivity index (χ0) is 21.4. The van der Waals surface area contributed by atoms with Gasteiger partial charge in [0.2, 0.25) is 5.91 Å². The Hall–Kier alpha value is -2.24. The molecule has 0 aliphatic carbocycles. The van der Waals surface area contributed by atoms with Crippen molar-refractivity contribution in [1.82, 2.24) is 10.2 Å². The number of hydrogen-bond donors (Lipinski definition) is 1. The van der Waals surface area contributed by atoms with E-state index in [1.54, 1.807) is 25.2 Å². The molecule has 0 saturated carbocycles. The third-order valence-electron chi connectivity index (χ3n) is 4.68. The van der Waals surface area contributed by atoms with Gasteiger partial charge in [0, 0.05) is 23.6 Å². The van der Waals surface area contributed by atoms with Crippen molar-refractivity contribution in [3.8, 4) is 5.75 Å². The quantitative estimate of drug-likeness (QED) is 0.629. The second-order valence-corrected chi connectivity index (χ2v) is 7.43. The van der Waals surface area contributed by atoms with Crippen LogP contribution in [0.3, 0.4) is 0 Å². The van der Waals surface area contributed by atoms with Crippen LogP contribution >= 0.6 is 23.2 Å². The number of likely N-dealkylation sites (N-methyl/N-ethyl adjacent to an activating group) is 1. The summed E-state index contributed by atoms with van der Waals surface area (Å²) in [5, 5.41) is 3.57. The van der Waals surface area contributed by atoms with Crippen LogP contribution < -0.4 is 10.1 Å². The van der Waals surface area contributed by atoms with Crippen molar-refractivity contribution in [2.45, 2.75) is 39.3 Å². The molecule has 7 heteroatoms. The molecule has 0 spiro atoms. The fraction of sp³-hybridized carbons (Fsp3) is 0.364. The number of rotatable bonds is 9. The van der Waals surface area contributed by atoms with Crippen molar-refractivity contribution in [2.24, 2.45) is 0 Å². The molecule has 2 rings (SSSR count). The lowest BCUT2D eigenvalue weighted by atomic mass is 10.1. The van der Waals surface area contributed by atoms with Crippen molar-refractivity contribution in [2.75, 3.05) is 13.7 Å². The Labute approximate surface area is 181 Å². The van der Waals surface area contributed by atoms with Gasteiger partial charge < -0.3 is 15.0 Å². The van der Waals surface area contributed by atoms with Crippen LogP contribution in [0.2, 0.25) is 10.0 Å². The molecule has 156 valence electrons. The summed E-state index contributed by atoms with van der Waals surface area (Å²) >= 11 is 12.3. The number of ether oxygens (including phenoxy) is 1. The van der Waals surface area contributed by atoms with Gasteiger partial charge in [0.25, 0.3) is 5.91 Å². The number of hydrogen-bond acceptors (Lipinski definition) is 3. The molecular formula is C22H26Cl2N2O3. The van der Waals surface area contributed by atoms with Crippen molar-refractivity contribution < 1.29 is 14.3 Å². The van der Waals surface area contributed by atoms with Crippen LogP contribution in [0.5, 0.6) is 5.75 Å². The average Bonchev–Trinajstić information content (AvgIpc) is 2.73. The molecule has 2 aromatic rings. The molecule has 0 fully saturated rings. The largest absolute Gasteiger partial charge is 0.484 e. The van der Waals surface area contributed by atoms with E-state index in [-0.39, 0.29) is 25.0 Å². The first-order chi connectivity index (χ1) is 13.9. The molecule has 5 nitrogen and oxygen atoms in total. The van der Waals surface area contributed by atoms with Gasteiger partial charge in [-0.2, -0.15) is 0 Å². The van der Waals surface area contributed by atoms with E-state index in [0.29, 0.717) is 27.8 Å². The predicted molar refractivity (Wildman–Crippen MR) is 116 cm³/mol. The molecule has 2 aromatic carbocycles. The summed E-state index contributed by atoms with van der Waals surface area (Å²) in [6, 6.07) is 12.0. The predicted octanol–water partition coefficient (Wildman–Crippen LogP) is 4.49. The highest BCUT2D eigenvalue weighted by Crippen LogP contribution is 2.24. The second kappa shape index (κ2) is 11.1. The zero-order valence-corrected chi connectivity index (χ0v) is 18.4. The summed E-state index contributed by atoms with van der Waals surface area (Å²) in [6.45, 7) is 3.93. The molecule has 0 aliphatic heterocycles. The molecule has 0 aliphatic rings. The standard InChI is InChI=1S/C22H26Cl2N2O3/c1-4-15-6-10-18(11-7-15)29-14-21(27)26(20(5-2)22(28)25-3)13-16-8-9-17(23)12-19(16)24/h6-12,20H,4-5,13-14H2,1-3H3,(H,25,28)/t20-/m0/s1. The van der Waals surface area contributed by atoms with E-state index in [0.717, 1.165) is 6.42 Å². The second-order valence-electron chi connectivity index (χ2n) is 6.58. The number of nitrogens with zero attached hydrogens (tertiary/aromatic N) is 1. The van der Waals surface area contributed by atoms with Gasteiger partial charge in [-0.3, -0.25) is 9.59 Å². The molecule has 1 N–H and O–H groups in total. The maximum Gasteiger partial charge on any atom is 0.261 e. The number of benzene rings is 2. The van der Waals surface area contributed by atoms with Gasteiger partial charge in [0.15, 0.2) is 6.61 Å². The Morgan fingerprint density at radius 2 is 1.79 bits per heavy atom. The average molecular weight is 437 g/mol. The van der Waals surface area contributed by atoms with E-state index in [4.69, 9.17) is 27.9 Å². The summed E-state index contributed by atoms with van der Waals surface area (Å²) < 4.78 is 5.67. The topological polar surface area (TPSA) is 58.6 Å². The third-order valence-corrected chi connectivity index (χ3v) is 5.27. The lowest BCUT2D eigenvalue weighted by molar-refractivity contribution is -0.142. The lowest BCUT2D eigenvalue weighted by Crippen LogP contribution is -2.49. The van der Waals surface area contributed by atoms with Crippen LogP contribution in [-0.4, -0.2) is 36.4 Å². The monoisotopic (exact) mass is 436 g/mol. The Bertz CT molecular complexity index is 840. The summed E-state index contributed by atoms with van der Waals surface area (Å²) in [5.41, 5.74) is 1.90. The van der Waals surface area contributed by atoms with Gasteiger partial charge in [0.05, 0.1) is 0 Å². The van der Waals surface area contributed by atoms with Gasteiger partial charge >= 0.3 is 0 Å². The fourth-order valence-electron chi connectivity index (χ4n) is 2.97. The van der Waals surface area contributed by atoms with Gasteiger partial charge in [-0.15, -0.1) is 0 Å². The number of halogens is 2. The maximum atomic E-state index is 13.0. The Kier molecular flexibility index (Phi) is 8.80. The first-order valence-electron chi connectivity index (χ1n) is 9.56. The number of carbonyl (C=O) groups excluding carboxylic acids is 2. The molecule has 29 heavy (non-hydrogen) atoms. The molecule has 0 saturated heterocycles. The molecule has 0 radical (unpaired) electrons. The Morgan fingerprint density at radius 1 is 1.10 bits per heavy atom. The highest BCUT2D eigenvalue weighted by molar-refractivity contribution is 6.35. The first-order valence-corrected chi connectivity index (χ1v) is 10.3. The molecule has 0 heterocycles. The van der Waals surface area contributed by atoms with E-state index in [1.165, 1.54) is 10.5 Å². The van der Waals surface area contributed by atoms with E-state index in [9.17, 15) is 9.59 Å². The fourth-order valence-corrected chi connectivity index (χ4v) is 3.44. The van der Waals surface area contributed by atoms with Crippen molar-refractivity contribution in [1.29, 1.82) is 0 Å². The normalized spacial score (nSPS) is 11.6. The van der Waals surface area contributed by atoms with Crippen LogP contribution in [-0.2, 0) is 22.6 Å². The minimum Gasteiger partial charge on any atom is -0.484 e. The molecule has 0 unspecified atom stereocenters. The zero-order valence-electron chi connectivity index (χ0n) is 16.9. The van der Waals surface area contributed by atoms with Gasteiger partial charge in [-0.1, -0.05) is 55.2 Å². The minimum absolute atomic E-state index is 0.176. The van der Waals surface area contributed by atoms with E-state index < -0.39 is 6.04 Å². The van der Waals surface area contributed by atoms with E-state index >= 15 is 0 Å². The summed E-state index contributed by atoms with van der Waals surface area (Å²) in [4.78, 5) is 26.9. The van der Waals surface area contributed by atoms with Crippen molar-refractivity contribution in [3.63, 3.8) is 0 Å². The lowest BCUT2D eigenvalue weighted by Gasteiger charge is -2.30. The molecular weight excluding hydrogens is 411 g/mol. The van der Waals surface area contributed by atoms with Crippen molar-refractivity contribution >= 4 is 35.0 Å². The van der Waals surface area contributed by atoms with Crippen LogP contribution in [0, 0.1) is 0 Å². The summed E-state index contributed by atoms with van der Waals surface area (Å²) in [6.07, 6.45) is 1.39. The van der Waals surface area contributed by atoms with Gasteiger partial charge in [-0.05, 0) is 48.2 Å². The SMILES string of the molecule is CCc1ccc(OCC(=O)N(Cc2ccc(Cl)cc2Cl)[C@@H](CC)C(=O)NC)cc1. The highest BCUT2D eigenvalue weighted by Gasteiger charge is 2.28. The molecule has 2 amide bonds. The maximum absolute atomic E-state index is 13.0. The third kappa shape index (κ3) is 6.38. The summed E-state index contributed by atoms with van der Waals surface area (Å²) in [5.74, 6) is 0.0669. The summed E-state index contributed by atoms with van der Waals surface area (Å²) in [7, 11) is 1.55. The van der Waals surface area contributed by atoms with Crippen LogP contribution in [0.1, 0.15) is 31.4 Å². The Balaban J connectivity index is 2.20. The number of amides is 2. The van der Waals surface area contributed by atoms with Gasteiger partial charge in [-0.25, -0.2) is 0 Å². The number of aryl methyl sites for hydroxylation is 1. The first kappa shape index (κ1) is 23.0. The smallest absolute Gasteiger partial charge is 0.261 e. The van der Waals surface area contributed by atoms with E-state index in [1.807, 2.05) is 31.2 Å². The van der Waals surface area contributed by atoms with Crippen molar-refractivity contribution in [3.05, 3.63) is 63.6 Å². The molecule has 1 atom stereocenters.